The van der Waals surface area contributed by atoms with Crippen molar-refractivity contribution in [3.63, 3.8) is 0 Å². The van der Waals surface area contributed by atoms with E-state index in [9.17, 15) is 4.79 Å². The Labute approximate surface area is 48.8 Å². The van der Waals surface area contributed by atoms with Gasteiger partial charge in [0.15, 0.2) is 0 Å². The SMILES string of the molecule is CC[C@@H](C)OC(N)=O. The van der Waals surface area contributed by atoms with Crippen LogP contribution in [0.5, 0.6) is 0 Å². The Hall–Kier alpha value is -0.730. The summed E-state index contributed by atoms with van der Waals surface area (Å²) in [4.78, 5) is 9.97. The van der Waals surface area contributed by atoms with Gasteiger partial charge in [-0.3, -0.25) is 0 Å². The molecule has 0 aliphatic rings. The van der Waals surface area contributed by atoms with E-state index in [1.807, 2.05) is 6.92 Å². The number of carbonyl (C=O) groups is 1. The van der Waals surface area contributed by atoms with Crippen LogP contribution in [0.4, 0.5) is 4.79 Å². The predicted molar refractivity (Wildman–Crippen MR) is 30.4 cm³/mol. The van der Waals surface area contributed by atoms with E-state index in [-0.39, 0.29) is 6.10 Å². The van der Waals surface area contributed by atoms with E-state index in [0.29, 0.717) is 0 Å². The molecule has 48 valence electrons. The first-order chi connectivity index (χ1) is 3.66. The quantitative estimate of drug-likeness (QED) is 0.583. The summed E-state index contributed by atoms with van der Waals surface area (Å²) in [6.45, 7) is 3.72. The Morgan fingerprint density at radius 1 is 1.88 bits per heavy atom. The minimum Gasteiger partial charge on any atom is -0.447 e. The van der Waals surface area contributed by atoms with Gasteiger partial charge in [0, 0.05) is 0 Å². The van der Waals surface area contributed by atoms with Crippen LogP contribution in [0.25, 0.3) is 0 Å². The molecule has 0 aromatic rings. The molecule has 0 saturated heterocycles. The summed E-state index contributed by atoms with van der Waals surface area (Å²) in [5.74, 6) is 0. The normalized spacial score (nSPS) is 12.8. The van der Waals surface area contributed by atoms with Crippen LogP contribution in [0.3, 0.4) is 0 Å². The fourth-order valence-electron chi connectivity index (χ4n) is 0.282. The molecule has 0 aromatic heterocycles. The zero-order valence-electron chi connectivity index (χ0n) is 5.18. The van der Waals surface area contributed by atoms with Crippen molar-refractivity contribution >= 4 is 6.09 Å². The van der Waals surface area contributed by atoms with E-state index in [1.165, 1.54) is 0 Å². The van der Waals surface area contributed by atoms with Crippen LogP contribution in [0.2, 0.25) is 0 Å². The van der Waals surface area contributed by atoms with Gasteiger partial charge in [0.1, 0.15) is 6.10 Å². The highest BCUT2D eigenvalue weighted by atomic mass is 16.6. The summed E-state index contributed by atoms with van der Waals surface area (Å²) in [5, 5.41) is 0. The van der Waals surface area contributed by atoms with Gasteiger partial charge in [0.05, 0.1) is 0 Å². The van der Waals surface area contributed by atoms with E-state index >= 15 is 0 Å². The van der Waals surface area contributed by atoms with Gasteiger partial charge in [-0.25, -0.2) is 4.79 Å². The van der Waals surface area contributed by atoms with Gasteiger partial charge in [0.2, 0.25) is 0 Å². The lowest BCUT2D eigenvalue weighted by Gasteiger charge is -2.06. The first-order valence-corrected chi connectivity index (χ1v) is 2.63. The Kier molecular flexibility index (Phi) is 2.99. The fraction of sp³-hybridized carbons (Fsp3) is 0.800. The van der Waals surface area contributed by atoms with Gasteiger partial charge in [-0.15, -0.1) is 0 Å². The molecule has 0 aliphatic carbocycles. The first-order valence-electron chi connectivity index (χ1n) is 2.63. The highest BCUT2D eigenvalue weighted by molar-refractivity contribution is 5.64. The summed E-state index contributed by atoms with van der Waals surface area (Å²) in [7, 11) is 0. The zero-order chi connectivity index (χ0) is 6.57. The van der Waals surface area contributed by atoms with Crippen molar-refractivity contribution in [2.24, 2.45) is 5.73 Å². The second kappa shape index (κ2) is 3.29. The van der Waals surface area contributed by atoms with E-state index in [0.717, 1.165) is 6.42 Å². The zero-order valence-corrected chi connectivity index (χ0v) is 5.18. The van der Waals surface area contributed by atoms with Crippen molar-refractivity contribution in [1.82, 2.24) is 0 Å². The maximum Gasteiger partial charge on any atom is 0.404 e. The lowest BCUT2D eigenvalue weighted by atomic mass is 10.3. The molecule has 0 rings (SSSR count). The third-order valence-electron chi connectivity index (χ3n) is 0.892. The lowest BCUT2D eigenvalue weighted by Crippen LogP contribution is -2.19. The summed E-state index contributed by atoms with van der Waals surface area (Å²) in [6, 6.07) is 0. The van der Waals surface area contributed by atoms with Crippen molar-refractivity contribution in [3.8, 4) is 0 Å². The van der Waals surface area contributed by atoms with E-state index < -0.39 is 6.09 Å². The Morgan fingerprint density at radius 2 is 2.38 bits per heavy atom. The molecule has 0 radical (unpaired) electrons. The number of nitrogens with two attached hydrogens (primary N) is 1. The summed E-state index contributed by atoms with van der Waals surface area (Å²) < 4.78 is 4.54. The van der Waals surface area contributed by atoms with Crippen molar-refractivity contribution < 1.29 is 9.53 Å². The second-order valence-corrected chi connectivity index (χ2v) is 1.66. The van der Waals surface area contributed by atoms with Gasteiger partial charge < -0.3 is 10.5 Å². The standard InChI is InChI=1S/C5H11NO2/c1-3-4(2)8-5(6)7/h4H,3H2,1-2H3,(H2,6,7)/t4-/m1/s1. The second-order valence-electron chi connectivity index (χ2n) is 1.66. The first kappa shape index (κ1) is 7.27. The smallest absolute Gasteiger partial charge is 0.404 e. The molecule has 0 spiro atoms. The maximum absolute atomic E-state index is 9.97. The van der Waals surface area contributed by atoms with Crippen molar-refractivity contribution in [1.29, 1.82) is 0 Å². The third kappa shape index (κ3) is 3.46. The molecule has 0 bridgehead atoms. The summed E-state index contributed by atoms with van der Waals surface area (Å²) in [5.41, 5.74) is 4.71. The highest BCUT2D eigenvalue weighted by Gasteiger charge is 1.99. The summed E-state index contributed by atoms with van der Waals surface area (Å²) >= 11 is 0. The molecule has 0 saturated carbocycles. The van der Waals surface area contributed by atoms with E-state index in [1.54, 1.807) is 6.92 Å². The molecule has 1 atom stereocenters. The molecule has 1 amide bonds. The number of rotatable bonds is 2. The lowest BCUT2D eigenvalue weighted by molar-refractivity contribution is 0.114. The number of primary amides is 1. The molecule has 0 unspecified atom stereocenters. The predicted octanol–water partition coefficient (Wildman–Crippen LogP) is 0.880. The maximum atomic E-state index is 9.97. The molecular formula is C5H11NO2. The van der Waals surface area contributed by atoms with Crippen LogP contribution in [-0.2, 0) is 4.74 Å². The van der Waals surface area contributed by atoms with Crippen molar-refractivity contribution in [2.75, 3.05) is 0 Å². The molecule has 3 heteroatoms. The number of carbonyl (C=O) groups excluding carboxylic acids is 1. The van der Waals surface area contributed by atoms with Crippen LogP contribution < -0.4 is 5.73 Å². The Balaban J connectivity index is 3.24. The van der Waals surface area contributed by atoms with Crippen molar-refractivity contribution in [2.45, 2.75) is 26.4 Å². The van der Waals surface area contributed by atoms with Crippen LogP contribution in [0.15, 0.2) is 0 Å². The average Bonchev–Trinajstić information content (AvgIpc) is 1.65. The van der Waals surface area contributed by atoms with Gasteiger partial charge in [-0.1, -0.05) is 6.92 Å². The highest BCUT2D eigenvalue weighted by Crippen LogP contribution is 1.93. The fourth-order valence-corrected chi connectivity index (χ4v) is 0.282. The van der Waals surface area contributed by atoms with Crippen LogP contribution in [-0.4, -0.2) is 12.2 Å². The Morgan fingerprint density at radius 3 is 2.50 bits per heavy atom. The third-order valence-corrected chi connectivity index (χ3v) is 0.892. The minimum atomic E-state index is -0.695. The number of amides is 1. The molecular weight excluding hydrogens is 106 g/mol. The molecule has 0 aromatic carbocycles. The molecule has 0 aliphatic heterocycles. The van der Waals surface area contributed by atoms with Crippen molar-refractivity contribution in [3.05, 3.63) is 0 Å². The van der Waals surface area contributed by atoms with E-state index in [4.69, 9.17) is 5.73 Å². The largest absolute Gasteiger partial charge is 0.447 e. The average molecular weight is 117 g/mol. The van der Waals surface area contributed by atoms with Gasteiger partial charge in [-0.05, 0) is 13.3 Å². The number of hydrogen-bond acceptors (Lipinski definition) is 2. The molecule has 2 N–H and O–H groups in total. The van der Waals surface area contributed by atoms with Crippen LogP contribution in [0.1, 0.15) is 20.3 Å². The Bertz CT molecular complexity index is 82.5. The number of ether oxygens (including phenoxy) is 1. The van der Waals surface area contributed by atoms with Gasteiger partial charge in [-0.2, -0.15) is 0 Å². The molecule has 3 nitrogen and oxygen atoms in total. The molecule has 8 heavy (non-hydrogen) atoms. The van der Waals surface area contributed by atoms with Gasteiger partial charge >= 0.3 is 6.09 Å². The molecule has 0 heterocycles. The number of hydrogen-bond donors (Lipinski definition) is 1. The monoisotopic (exact) mass is 117 g/mol. The van der Waals surface area contributed by atoms with E-state index in [2.05, 4.69) is 4.74 Å². The molecule has 0 fully saturated rings. The van der Waals surface area contributed by atoms with Gasteiger partial charge in [0.25, 0.3) is 0 Å². The summed E-state index contributed by atoms with van der Waals surface area (Å²) in [6.07, 6.45) is 0.0648. The minimum absolute atomic E-state index is 0.0486. The van der Waals surface area contributed by atoms with Crippen LogP contribution >= 0.6 is 0 Å². The topological polar surface area (TPSA) is 52.3 Å². The van der Waals surface area contributed by atoms with Crippen LogP contribution in [0, 0.1) is 0 Å².